The summed E-state index contributed by atoms with van der Waals surface area (Å²) < 4.78 is 7.33. The van der Waals surface area contributed by atoms with Gasteiger partial charge < -0.3 is 19.1 Å². The molecule has 1 aliphatic heterocycles. The molecule has 2 aromatic rings. The van der Waals surface area contributed by atoms with E-state index in [1.165, 1.54) is 0 Å². The Hall–Kier alpha value is -2.83. The molecule has 7 nitrogen and oxygen atoms in total. The zero-order valence-electron chi connectivity index (χ0n) is 15.2. The van der Waals surface area contributed by atoms with Crippen molar-refractivity contribution >= 4 is 17.5 Å². The third kappa shape index (κ3) is 3.71. The molecule has 0 N–H and O–H groups in total. The van der Waals surface area contributed by atoms with Crippen LogP contribution in [0.25, 0.3) is 0 Å². The first kappa shape index (κ1) is 18.0. The van der Waals surface area contributed by atoms with Gasteiger partial charge in [0.2, 0.25) is 11.8 Å². The molecule has 2 heterocycles. The summed E-state index contributed by atoms with van der Waals surface area (Å²) in [6, 6.07) is 7.43. The van der Waals surface area contributed by atoms with Gasteiger partial charge in [-0.15, -0.1) is 0 Å². The maximum absolute atomic E-state index is 12.6. The second-order valence-corrected chi connectivity index (χ2v) is 6.17. The van der Waals surface area contributed by atoms with Crippen LogP contribution in [0.5, 0.6) is 5.75 Å². The number of amides is 2. The molecule has 138 valence electrons. The van der Waals surface area contributed by atoms with Gasteiger partial charge in [0.1, 0.15) is 18.1 Å². The van der Waals surface area contributed by atoms with Crippen molar-refractivity contribution in [3.8, 4) is 5.75 Å². The van der Waals surface area contributed by atoms with Crippen LogP contribution in [0.1, 0.15) is 19.2 Å². The molecule has 0 spiro atoms. The molecule has 0 saturated carbocycles. The number of rotatable bonds is 6. The van der Waals surface area contributed by atoms with Crippen molar-refractivity contribution in [1.82, 2.24) is 14.5 Å². The number of carbonyl (C=O) groups is 2. The van der Waals surface area contributed by atoms with Crippen LogP contribution in [-0.4, -0.2) is 53.0 Å². The van der Waals surface area contributed by atoms with Crippen LogP contribution in [0, 0.1) is 0 Å². The van der Waals surface area contributed by atoms with Crippen molar-refractivity contribution in [3.63, 3.8) is 0 Å². The second-order valence-electron chi connectivity index (χ2n) is 6.17. The first-order valence-electron chi connectivity index (χ1n) is 8.85. The van der Waals surface area contributed by atoms with E-state index in [4.69, 9.17) is 4.74 Å². The van der Waals surface area contributed by atoms with E-state index in [9.17, 15) is 9.59 Å². The molecule has 0 aliphatic carbocycles. The van der Waals surface area contributed by atoms with E-state index in [0.29, 0.717) is 31.8 Å². The smallest absolute Gasteiger partial charge is 0.246 e. The van der Waals surface area contributed by atoms with Crippen molar-refractivity contribution in [1.29, 1.82) is 0 Å². The average molecular weight is 356 g/mol. The van der Waals surface area contributed by atoms with Gasteiger partial charge in [0, 0.05) is 44.9 Å². The molecule has 1 saturated heterocycles. The van der Waals surface area contributed by atoms with E-state index in [-0.39, 0.29) is 18.4 Å². The Morgan fingerprint density at radius 3 is 2.81 bits per heavy atom. The number of hydrogen-bond acceptors (Lipinski definition) is 4. The Bertz CT molecular complexity index is 787. The van der Waals surface area contributed by atoms with Gasteiger partial charge in [-0.05, 0) is 12.1 Å². The number of imidazole rings is 1. The van der Waals surface area contributed by atoms with Crippen molar-refractivity contribution in [2.45, 2.75) is 26.3 Å². The van der Waals surface area contributed by atoms with Gasteiger partial charge in [-0.2, -0.15) is 0 Å². The molecule has 0 atom stereocenters. The summed E-state index contributed by atoms with van der Waals surface area (Å²) in [5.41, 5.74) is 0.748. The Balaban J connectivity index is 1.59. The lowest BCUT2D eigenvalue weighted by molar-refractivity contribution is -0.137. The summed E-state index contributed by atoms with van der Waals surface area (Å²) in [5, 5.41) is 0. The van der Waals surface area contributed by atoms with E-state index in [1.54, 1.807) is 23.1 Å². The van der Waals surface area contributed by atoms with E-state index in [1.807, 2.05) is 42.0 Å². The maximum Gasteiger partial charge on any atom is 0.246 e. The van der Waals surface area contributed by atoms with E-state index >= 15 is 0 Å². The van der Waals surface area contributed by atoms with Crippen LogP contribution >= 0.6 is 0 Å². The number of hydrogen-bond donors (Lipinski definition) is 0. The van der Waals surface area contributed by atoms with E-state index in [2.05, 4.69) is 4.98 Å². The zero-order chi connectivity index (χ0) is 18.5. The minimum absolute atomic E-state index is 0.00576. The number of ether oxygens (including phenoxy) is 1. The Morgan fingerprint density at radius 2 is 2.08 bits per heavy atom. The fraction of sp³-hybridized carbons (Fsp3) is 0.421. The summed E-state index contributed by atoms with van der Waals surface area (Å²) in [4.78, 5) is 32.7. The molecule has 1 aromatic carbocycles. The highest BCUT2D eigenvalue weighted by Crippen LogP contribution is 2.28. The maximum atomic E-state index is 12.6. The normalized spacial score (nSPS) is 14.6. The fourth-order valence-electron chi connectivity index (χ4n) is 3.23. The van der Waals surface area contributed by atoms with E-state index in [0.717, 1.165) is 17.9 Å². The predicted molar refractivity (Wildman–Crippen MR) is 98.1 cm³/mol. The standard InChI is InChI=1S/C19H24N4O3/c1-3-17-20-9-11-21(17)10-8-18(24)22-12-13-23(19(25)14-22)15-6-4-5-7-16(15)26-2/h4-7,9,11H,3,8,10,12-14H2,1-2H3. The Morgan fingerprint density at radius 1 is 1.27 bits per heavy atom. The number of aromatic nitrogens is 2. The van der Waals surface area contributed by atoms with Gasteiger partial charge >= 0.3 is 0 Å². The third-order valence-electron chi connectivity index (χ3n) is 4.63. The van der Waals surface area contributed by atoms with Crippen LogP contribution in [-0.2, 0) is 22.6 Å². The fourth-order valence-corrected chi connectivity index (χ4v) is 3.23. The molecular formula is C19H24N4O3. The lowest BCUT2D eigenvalue weighted by atomic mass is 10.2. The van der Waals surface area contributed by atoms with Crippen molar-refractivity contribution < 1.29 is 14.3 Å². The monoisotopic (exact) mass is 356 g/mol. The summed E-state index contributed by atoms with van der Waals surface area (Å²) >= 11 is 0. The van der Waals surface area contributed by atoms with Gasteiger partial charge in [0.15, 0.2) is 0 Å². The van der Waals surface area contributed by atoms with Gasteiger partial charge in [-0.3, -0.25) is 9.59 Å². The van der Waals surface area contributed by atoms with E-state index < -0.39 is 0 Å². The van der Waals surface area contributed by atoms with Crippen LogP contribution < -0.4 is 9.64 Å². The van der Waals surface area contributed by atoms with Crippen LogP contribution in [0.4, 0.5) is 5.69 Å². The molecular weight excluding hydrogens is 332 g/mol. The Labute approximate surface area is 153 Å². The van der Waals surface area contributed by atoms with Crippen LogP contribution in [0.15, 0.2) is 36.7 Å². The second kappa shape index (κ2) is 8.03. The molecule has 7 heteroatoms. The molecule has 0 unspecified atom stereocenters. The topological polar surface area (TPSA) is 67.7 Å². The Kier molecular flexibility index (Phi) is 5.55. The first-order valence-corrected chi connectivity index (χ1v) is 8.85. The lowest BCUT2D eigenvalue weighted by Crippen LogP contribution is -2.52. The lowest BCUT2D eigenvalue weighted by Gasteiger charge is -2.35. The van der Waals surface area contributed by atoms with Gasteiger partial charge in [-0.25, -0.2) is 4.98 Å². The number of carbonyl (C=O) groups excluding carboxylic acids is 2. The van der Waals surface area contributed by atoms with Gasteiger partial charge in [0.05, 0.1) is 12.8 Å². The number of nitrogens with zero attached hydrogens (tertiary/aromatic N) is 4. The molecule has 0 radical (unpaired) electrons. The zero-order valence-corrected chi connectivity index (χ0v) is 15.2. The molecule has 0 bridgehead atoms. The highest BCUT2D eigenvalue weighted by Gasteiger charge is 2.29. The van der Waals surface area contributed by atoms with Gasteiger partial charge in [-0.1, -0.05) is 19.1 Å². The first-order chi connectivity index (χ1) is 12.6. The number of benzene rings is 1. The highest BCUT2D eigenvalue weighted by atomic mass is 16.5. The summed E-state index contributed by atoms with van der Waals surface area (Å²) in [5.74, 6) is 1.53. The number of aryl methyl sites for hydroxylation is 2. The number of para-hydroxylation sites is 2. The minimum atomic E-state index is -0.0917. The number of methoxy groups -OCH3 is 1. The molecule has 26 heavy (non-hydrogen) atoms. The molecule has 3 rings (SSSR count). The van der Waals surface area contributed by atoms with Crippen LogP contribution in [0.3, 0.4) is 0 Å². The summed E-state index contributed by atoms with van der Waals surface area (Å²) in [6.07, 6.45) is 4.83. The summed E-state index contributed by atoms with van der Waals surface area (Å²) in [6.45, 7) is 3.71. The van der Waals surface area contributed by atoms with Crippen molar-refractivity contribution in [3.05, 3.63) is 42.5 Å². The SMILES string of the molecule is CCc1nccn1CCC(=O)N1CCN(c2ccccc2OC)C(=O)C1. The molecule has 1 fully saturated rings. The number of anilines is 1. The minimum Gasteiger partial charge on any atom is -0.495 e. The predicted octanol–water partition coefficient (Wildman–Crippen LogP) is 1.72. The van der Waals surface area contributed by atoms with Crippen LogP contribution in [0.2, 0.25) is 0 Å². The van der Waals surface area contributed by atoms with Crippen molar-refractivity contribution in [2.24, 2.45) is 0 Å². The average Bonchev–Trinajstić information content (AvgIpc) is 3.13. The van der Waals surface area contributed by atoms with Crippen molar-refractivity contribution in [2.75, 3.05) is 31.6 Å². The summed E-state index contributed by atoms with van der Waals surface area (Å²) in [7, 11) is 1.59. The third-order valence-corrected chi connectivity index (χ3v) is 4.63. The number of piperazine rings is 1. The molecule has 2 amide bonds. The van der Waals surface area contributed by atoms with Gasteiger partial charge in [0.25, 0.3) is 0 Å². The largest absolute Gasteiger partial charge is 0.495 e. The highest BCUT2D eigenvalue weighted by molar-refractivity contribution is 5.99. The molecule has 1 aromatic heterocycles. The quantitative estimate of drug-likeness (QED) is 0.790. The molecule has 1 aliphatic rings.